The van der Waals surface area contributed by atoms with Gasteiger partial charge in [-0.25, -0.2) is 31.7 Å². The molecular weight excluding hydrogens is 364 g/mol. The fourth-order valence-electron chi connectivity index (χ4n) is 0.391. The maximum atomic E-state index is 9.40. The minimum absolute atomic E-state index is 1.01. The molecule has 0 unspecified atom stereocenters. The van der Waals surface area contributed by atoms with Crippen LogP contribution in [0.2, 0.25) is 0 Å². The molecule has 0 aliphatic heterocycles. The fraction of sp³-hybridized carbons (Fsp3) is 0.0909. The summed E-state index contributed by atoms with van der Waals surface area (Å²) < 4.78 is 3.90. The largest absolute Gasteiger partial charge is 0.273 e. The van der Waals surface area contributed by atoms with Crippen LogP contribution in [0, 0.1) is 13.0 Å². The first kappa shape index (κ1) is 16.0. The molecule has 0 saturated carbocycles. The summed E-state index contributed by atoms with van der Waals surface area (Å²) in [5.41, 5.74) is 0. The van der Waals surface area contributed by atoms with E-state index in [9.17, 15) is 14.4 Å². The summed E-state index contributed by atoms with van der Waals surface area (Å²) in [6, 6.07) is 0. The molecule has 0 aromatic carbocycles. The predicted molar refractivity (Wildman–Crippen MR) is 54.2 cm³/mol. The van der Waals surface area contributed by atoms with Gasteiger partial charge in [-0.15, -0.1) is 6.42 Å². The van der Waals surface area contributed by atoms with Gasteiger partial charge in [0, 0.05) is 0 Å². The summed E-state index contributed by atoms with van der Waals surface area (Å²) in [6.45, 7) is 6.50. The Kier molecular flexibility index (Phi) is 16.0. The van der Waals surface area contributed by atoms with Gasteiger partial charge in [-0.1, -0.05) is 0 Å². The van der Waals surface area contributed by atoms with Gasteiger partial charge in [0.15, 0.2) is 0 Å². The first-order valence-corrected chi connectivity index (χ1v) is 8.16. The van der Waals surface area contributed by atoms with Crippen LogP contribution in [-0.2, 0) is 30.3 Å². The maximum absolute atomic E-state index is 9.40. The molecule has 0 aromatic heterocycles. The van der Waals surface area contributed by atoms with Gasteiger partial charge in [-0.2, -0.15) is 6.08 Å². The van der Waals surface area contributed by atoms with Gasteiger partial charge < -0.3 is 0 Å². The molecule has 1 rings (SSSR count). The van der Waals surface area contributed by atoms with Gasteiger partial charge in [-0.3, -0.25) is 6.08 Å². The first-order valence-electron chi connectivity index (χ1n) is 3.76. The average Bonchev–Trinajstić information content (AvgIpc) is 2.80. The molecular formula is C11H10O3W-2. The van der Waals surface area contributed by atoms with Crippen molar-refractivity contribution in [3.63, 3.8) is 0 Å². The third-order valence-electron chi connectivity index (χ3n) is 0.836. The van der Waals surface area contributed by atoms with Crippen molar-refractivity contribution in [1.82, 2.24) is 0 Å². The van der Waals surface area contributed by atoms with E-state index in [1.54, 1.807) is 0 Å². The molecule has 0 N–H and O–H groups in total. The number of hydrogen-bond donors (Lipinski definition) is 0. The molecule has 0 fully saturated rings. The minimum atomic E-state index is -3.05. The Morgan fingerprint density at radius 1 is 1.33 bits per heavy atom. The van der Waals surface area contributed by atoms with Crippen LogP contribution in [0.25, 0.3) is 0 Å². The standard InChI is InChI=1S/C5H5.C3H5.3CO.W/c1-2-4-5-3-1;1-3-2;3*1-2;/h1-3H,4H2;3H,1-2H2;;;;/q2*-1;;;;. The smallest absolute Gasteiger partial charge is 0.109 e. The van der Waals surface area contributed by atoms with Crippen LogP contribution < -0.4 is 0 Å². The van der Waals surface area contributed by atoms with E-state index in [0.29, 0.717) is 0 Å². The van der Waals surface area contributed by atoms with Gasteiger partial charge in [0.25, 0.3) is 0 Å². The van der Waals surface area contributed by atoms with E-state index in [-0.39, 0.29) is 0 Å². The van der Waals surface area contributed by atoms with Crippen molar-refractivity contribution >= 4 is 12.8 Å². The normalized spacial score (nSPS) is 9.07. The number of hydrogen-bond acceptors (Lipinski definition) is 3. The molecule has 0 radical (unpaired) electrons. The third kappa shape index (κ3) is 15.3. The molecule has 0 saturated heterocycles. The minimum Gasteiger partial charge on any atom is -0.273 e. The van der Waals surface area contributed by atoms with Crippen molar-refractivity contribution in [2.45, 2.75) is 6.42 Å². The molecule has 80 valence electrons. The Labute approximate surface area is 93.5 Å². The first-order chi connectivity index (χ1) is 7.26. The van der Waals surface area contributed by atoms with Gasteiger partial charge in [0.1, 0.15) is 0 Å². The fourth-order valence-corrected chi connectivity index (χ4v) is 0.758. The molecule has 0 amide bonds. The molecule has 3 nitrogen and oxygen atoms in total. The zero-order chi connectivity index (χ0) is 11.9. The molecule has 4 heteroatoms. The van der Waals surface area contributed by atoms with Crippen LogP contribution in [0.5, 0.6) is 0 Å². The van der Waals surface area contributed by atoms with E-state index in [1.807, 2.05) is 12.2 Å². The average molecular weight is 374 g/mol. The summed E-state index contributed by atoms with van der Waals surface area (Å²) in [4.78, 5) is 28.2. The van der Waals surface area contributed by atoms with Crippen molar-refractivity contribution in [2.24, 2.45) is 0 Å². The third-order valence-corrected chi connectivity index (χ3v) is 2.63. The zero-order valence-electron chi connectivity index (χ0n) is 8.06. The zero-order valence-corrected chi connectivity index (χ0v) is 11.0. The maximum Gasteiger partial charge on any atom is -0.109 e. The Bertz CT molecular complexity index is 381. The summed E-state index contributed by atoms with van der Waals surface area (Å²) in [5, 5.41) is 0. The van der Waals surface area contributed by atoms with E-state index in [1.165, 1.54) is 18.9 Å². The van der Waals surface area contributed by atoms with Crippen LogP contribution in [0.4, 0.5) is 0 Å². The van der Waals surface area contributed by atoms with Gasteiger partial charge in [0.2, 0.25) is 0 Å². The molecule has 0 bridgehead atoms. The monoisotopic (exact) mass is 374 g/mol. The van der Waals surface area contributed by atoms with E-state index in [2.05, 4.69) is 25.7 Å². The Balaban J connectivity index is 0. The van der Waals surface area contributed by atoms with Crippen molar-refractivity contribution < 1.29 is 30.3 Å². The molecule has 1 aliphatic rings. The SMILES string of the molecule is C=C[CH2-].O=[C]=[W](=[C]=O)=[C]=O.[C-]1=CC=CC1. The Hall–Kier alpha value is -1.48. The van der Waals surface area contributed by atoms with Crippen LogP contribution in [0.15, 0.2) is 30.9 Å². The summed E-state index contributed by atoms with van der Waals surface area (Å²) >= 11 is -3.05. The van der Waals surface area contributed by atoms with Crippen LogP contribution in [0.3, 0.4) is 0 Å². The van der Waals surface area contributed by atoms with E-state index in [4.69, 9.17) is 0 Å². The summed E-state index contributed by atoms with van der Waals surface area (Å²) in [6.07, 6.45) is 11.5. The second-order valence-electron chi connectivity index (χ2n) is 1.85. The van der Waals surface area contributed by atoms with Crippen molar-refractivity contribution in [3.05, 3.63) is 43.9 Å². The van der Waals surface area contributed by atoms with E-state index < -0.39 is 15.9 Å². The van der Waals surface area contributed by atoms with Crippen molar-refractivity contribution in [3.8, 4) is 0 Å². The van der Waals surface area contributed by atoms with Crippen molar-refractivity contribution in [2.75, 3.05) is 0 Å². The summed E-state index contributed by atoms with van der Waals surface area (Å²) in [7, 11) is 0. The molecule has 0 heterocycles. The van der Waals surface area contributed by atoms with Crippen LogP contribution in [-0.4, -0.2) is 12.8 Å². The number of carbonyl (C=O) groups excluding carboxylic acids is 3. The molecule has 0 aromatic rings. The number of rotatable bonds is 0. The van der Waals surface area contributed by atoms with Gasteiger partial charge >= 0.3 is 43.1 Å². The van der Waals surface area contributed by atoms with Gasteiger partial charge in [-0.05, 0) is 0 Å². The topological polar surface area (TPSA) is 51.2 Å². The Morgan fingerprint density at radius 3 is 1.87 bits per heavy atom. The number of allylic oxidation sites excluding steroid dienone is 5. The predicted octanol–water partition coefficient (Wildman–Crippen LogP) is 1.12. The molecule has 0 spiro atoms. The quantitative estimate of drug-likeness (QED) is 0.598. The van der Waals surface area contributed by atoms with Gasteiger partial charge in [0.05, 0.1) is 0 Å². The van der Waals surface area contributed by atoms with Crippen molar-refractivity contribution in [1.29, 1.82) is 0 Å². The molecule has 0 atom stereocenters. The Morgan fingerprint density at radius 2 is 1.80 bits per heavy atom. The van der Waals surface area contributed by atoms with E-state index >= 15 is 0 Å². The second-order valence-corrected chi connectivity index (χ2v) is 5.84. The summed E-state index contributed by atoms with van der Waals surface area (Å²) in [5.74, 6) is 0. The molecule has 1 aliphatic carbocycles. The van der Waals surface area contributed by atoms with E-state index in [0.717, 1.165) is 6.42 Å². The second kappa shape index (κ2) is 15.0. The molecule has 15 heavy (non-hydrogen) atoms. The van der Waals surface area contributed by atoms with Crippen LogP contribution in [0.1, 0.15) is 6.42 Å². The van der Waals surface area contributed by atoms with Crippen LogP contribution >= 0.6 is 0 Å².